The fourth-order valence-electron chi connectivity index (χ4n) is 4.09. The molecular weight excluding hydrogens is 476 g/mol. The van der Waals surface area contributed by atoms with Gasteiger partial charge in [0.1, 0.15) is 13.2 Å². The first-order valence-electron chi connectivity index (χ1n) is 12.7. The number of carbonyl (C=O) groups excluding carboxylic acids is 4. The number of unbranched alkanes of at least 4 members (excludes halogenated alkanes) is 1. The van der Waals surface area contributed by atoms with Gasteiger partial charge in [0.15, 0.2) is 6.04 Å². The van der Waals surface area contributed by atoms with Crippen LogP contribution in [-0.2, 0) is 35.3 Å². The van der Waals surface area contributed by atoms with E-state index >= 15 is 0 Å². The Bertz CT molecular complexity index is 918. The number of rotatable bonds is 16. The van der Waals surface area contributed by atoms with Crippen molar-refractivity contribution in [2.24, 2.45) is 5.92 Å². The molecule has 1 fully saturated rings. The van der Waals surface area contributed by atoms with Crippen molar-refractivity contribution in [2.75, 3.05) is 19.8 Å². The van der Waals surface area contributed by atoms with Gasteiger partial charge < -0.3 is 24.8 Å². The summed E-state index contributed by atoms with van der Waals surface area (Å²) in [6, 6.07) is 7.57. The molecule has 0 saturated carbocycles. The van der Waals surface area contributed by atoms with Crippen LogP contribution in [-0.4, -0.2) is 65.6 Å². The van der Waals surface area contributed by atoms with Crippen LogP contribution in [0.2, 0.25) is 0 Å². The lowest BCUT2D eigenvalue weighted by atomic mass is 9.98. The highest BCUT2D eigenvalue weighted by Crippen LogP contribution is 2.21. The molecule has 0 spiro atoms. The first-order chi connectivity index (χ1) is 17.9. The minimum absolute atomic E-state index is 0.00853. The molecule has 3 atom stereocenters. The van der Waals surface area contributed by atoms with Crippen LogP contribution in [0.25, 0.3) is 0 Å². The molecule has 0 radical (unpaired) electrons. The topological polar surface area (TPSA) is 122 Å². The lowest BCUT2D eigenvalue weighted by Crippen LogP contribution is -2.48. The predicted molar refractivity (Wildman–Crippen MR) is 138 cm³/mol. The van der Waals surface area contributed by atoms with E-state index in [0.29, 0.717) is 25.8 Å². The van der Waals surface area contributed by atoms with E-state index in [1.807, 2.05) is 18.2 Å². The number of ether oxygens (including phenoxy) is 2. The summed E-state index contributed by atoms with van der Waals surface area (Å²) in [5, 5.41) is 12.1. The summed E-state index contributed by atoms with van der Waals surface area (Å²) in [6.07, 6.45) is 6.23. The third-order valence-electron chi connectivity index (χ3n) is 6.18. The molecule has 1 aliphatic rings. The summed E-state index contributed by atoms with van der Waals surface area (Å²) in [5.74, 6) is -2.82. The second kappa shape index (κ2) is 16.3. The molecular formula is C28H38N2O7. The zero-order valence-electron chi connectivity index (χ0n) is 21.3. The summed E-state index contributed by atoms with van der Waals surface area (Å²) in [7, 11) is 0. The second-order valence-electron chi connectivity index (χ2n) is 9.01. The smallest absolute Gasteiger partial charge is 0.332 e. The number of hydrogen-bond acceptors (Lipinski definition) is 7. The Hall–Kier alpha value is -3.46. The largest absolute Gasteiger partial charge is 0.463 e. The van der Waals surface area contributed by atoms with E-state index in [4.69, 9.17) is 9.47 Å². The average Bonchev–Trinajstić information content (AvgIpc) is 3.39. The van der Waals surface area contributed by atoms with E-state index in [1.54, 1.807) is 23.1 Å². The standard InChI is InChI=1S/C28H38N2O7/c1-3-5-7-15-26(33)36-20-24(28(35)37-19-21-12-8-6-9-13-21)29-27(34)22(11-4-2)17-25(32)30-16-10-14-23(30)18-31/h3-4,6,8-9,12-13,22-24,31H,1-2,5,7,10-11,14-20H2,(H,29,34)/t22-,23+,24-/m1/s1. The lowest BCUT2D eigenvalue weighted by Gasteiger charge is -2.26. The minimum atomic E-state index is -1.24. The highest BCUT2D eigenvalue weighted by atomic mass is 16.6. The van der Waals surface area contributed by atoms with Crippen molar-refractivity contribution in [3.63, 3.8) is 0 Å². The maximum absolute atomic E-state index is 13.1. The molecule has 1 aromatic rings. The van der Waals surface area contributed by atoms with E-state index in [9.17, 15) is 24.3 Å². The number of aliphatic hydroxyl groups excluding tert-OH is 1. The van der Waals surface area contributed by atoms with Gasteiger partial charge in [-0.25, -0.2) is 4.79 Å². The van der Waals surface area contributed by atoms with Crippen molar-refractivity contribution < 1.29 is 33.8 Å². The molecule has 2 N–H and O–H groups in total. The van der Waals surface area contributed by atoms with Crippen molar-refractivity contribution in [1.82, 2.24) is 10.2 Å². The van der Waals surface area contributed by atoms with Gasteiger partial charge in [-0.05, 0) is 37.7 Å². The van der Waals surface area contributed by atoms with E-state index in [0.717, 1.165) is 12.0 Å². The van der Waals surface area contributed by atoms with Gasteiger partial charge in [0, 0.05) is 19.4 Å². The van der Waals surface area contributed by atoms with Gasteiger partial charge in [0.2, 0.25) is 11.8 Å². The van der Waals surface area contributed by atoms with Gasteiger partial charge in [-0.15, -0.1) is 13.2 Å². The average molecular weight is 515 g/mol. The Morgan fingerprint density at radius 1 is 1.14 bits per heavy atom. The van der Waals surface area contributed by atoms with Crippen LogP contribution in [0.15, 0.2) is 55.6 Å². The van der Waals surface area contributed by atoms with Crippen LogP contribution in [0.1, 0.15) is 50.5 Å². The Labute approximate surface area is 218 Å². The molecule has 202 valence electrons. The van der Waals surface area contributed by atoms with Gasteiger partial charge in [0.25, 0.3) is 0 Å². The summed E-state index contributed by atoms with van der Waals surface area (Å²) in [6.45, 7) is 7.30. The number of aliphatic hydroxyl groups is 1. The Morgan fingerprint density at radius 3 is 2.57 bits per heavy atom. The molecule has 0 aliphatic carbocycles. The summed E-state index contributed by atoms with van der Waals surface area (Å²) >= 11 is 0. The first-order valence-corrected chi connectivity index (χ1v) is 12.7. The molecule has 37 heavy (non-hydrogen) atoms. The monoisotopic (exact) mass is 514 g/mol. The quantitative estimate of drug-likeness (QED) is 0.198. The van der Waals surface area contributed by atoms with E-state index in [-0.39, 0.29) is 51.0 Å². The maximum atomic E-state index is 13.1. The Kier molecular flexibility index (Phi) is 13.1. The molecule has 9 heteroatoms. The van der Waals surface area contributed by atoms with Crippen molar-refractivity contribution in [1.29, 1.82) is 0 Å². The zero-order valence-corrected chi connectivity index (χ0v) is 21.3. The van der Waals surface area contributed by atoms with Crippen molar-refractivity contribution >= 4 is 23.8 Å². The maximum Gasteiger partial charge on any atom is 0.332 e. The van der Waals surface area contributed by atoms with E-state index in [2.05, 4.69) is 18.5 Å². The van der Waals surface area contributed by atoms with Gasteiger partial charge in [0.05, 0.1) is 18.6 Å². The van der Waals surface area contributed by atoms with Crippen molar-refractivity contribution in [3.8, 4) is 0 Å². The molecule has 1 saturated heterocycles. The van der Waals surface area contributed by atoms with Crippen LogP contribution in [0, 0.1) is 5.92 Å². The number of nitrogens with one attached hydrogen (secondary N) is 1. The molecule has 2 amide bonds. The molecule has 1 aromatic carbocycles. The number of nitrogens with zero attached hydrogens (tertiary/aromatic N) is 1. The predicted octanol–water partition coefficient (Wildman–Crippen LogP) is 2.68. The summed E-state index contributed by atoms with van der Waals surface area (Å²) < 4.78 is 10.6. The second-order valence-corrected chi connectivity index (χ2v) is 9.01. The third kappa shape index (κ3) is 10.2. The number of esters is 2. The first kappa shape index (κ1) is 29.8. The molecule has 1 heterocycles. The summed E-state index contributed by atoms with van der Waals surface area (Å²) in [4.78, 5) is 52.5. The third-order valence-corrected chi connectivity index (χ3v) is 6.18. The normalized spacial score (nSPS) is 16.4. The molecule has 2 rings (SSSR count). The number of benzene rings is 1. The fourth-order valence-corrected chi connectivity index (χ4v) is 4.09. The number of carbonyl (C=O) groups is 4. The molecule has 0 bridgehead atoms. The lowest BCUT2D eigenvalue weighted by molar-refractivity contribution is -0.155. The SMILES string of the molecule is C=CCCCC(=O)OC[C@@H](NC(=O)[C@H](CC=C)CC(=O)N1CCC[C@H]1CO)C(=O)OCc1ccccc1. The van der Waals surface area contributed by atoms with Gasteiger partial charge in [-0.3, -0.25) is 14.4 Å². The van der Waals surface area contributed by atoms with Crippen LogP contribution in [0.3, 0.4) is 0 Å². The molecule has 0 unspecified atom stereocenters. The fraction of sp³-hybridized carbons (Fsp3) is 0.500. The highest BCUT2D eigenvalue weighted by Gasteiger charge is 2.33. The zero-order chi connectivity index (χ0) is 27.0. The number of hydrogen-bond donors (Lipinski definition) is 2. The van der Waals surface area contributed by atoms with Crippen LogP contribution >= 0.6 is 0 Å². The molecule has 0 aromatic heterocycles. The van der Waals surface area contributed by atoms with Crippen LogP contribution in [0.5, 0.6) is 0 Å². The highest BCUT2D eigenvalue weighted by molar-refractivity contribution is 5.89. The van der Waals surface area contributed by atoms with Crippen molar-refractivity contribution in [2.45, 2.75) is 63.6 Å². The minimum Gasteiger partial charge on any atom is -0.463 e. The van der Waals surface area contributed by atoms with E-state index < -0.39 is 29.8 Å². The van der Waals surface area contributed by atoms with Crippen molar-refractivity contribution in [3.05, 3.63) is 61.2 Å². The van der Waals surface area contributed by atoms with Gasteiger partial charge in [-0.2, -0.15) is 0 Å². The Morgan fingerprint density at radius 2 is 1.89 bits per heavy atom. The number of allylic oxidation sites excluding steroid dienone is 2. The Balaban J connectivity index is 2.05. The van der Waals surface area contributed by atoms with Gasteiger partial charge in [-0.1, -0.05) is 42.5 Å². The number of likely N-dealkylation sites (tertiary alicyclic amines) is 1. The van der Waals surface area contributed by atoms with E-state index in [1.165, 1.54) is 6.08 Å². The summed E-state index contributed by atoms with van der Waals surface area (Å²) in [5.41, 5.74) is 0.765. The molecule has 9 nitrogen and oxygen atoms in total. The van der Waals surface area contributed by atoms with Crippen LogP contribution < -0.4 is 5.32 Å². The van der Waals surface area contributed by atoms with Gasteiger partial charge >= 0.3 is 11.9 Å². The van der Waals surface area contributed by atoms with Crippen LogP contribution in [0.4, 0.5) is 0 Å². The number of amides is 2. The molecule has 1 aliphatic heterocycles.